The lowest BCUT2D eigenvalue weighted by Crippen LogP contribution is -2.28. The Morgan fingerprint density at radius 1 is 0.418 bits per heavy atom. The number of para-hydroxylation sites is 1. The van der Waals surface area contributed by atoms with Crippen LogP contribution in [-0.4, -0.2) is 0 Å². The molecule has 0 amide bonds. The van der Waals surface area contributed by atoms with Crippen molar-refractivity contribution >= 4 is 49.8 Å². The Labute approximate surface area is 320 Å². The number of furan rings is 1. The Bertz CT molecular complexity index is 2980. The highest BCUT2D eigenvalue weighted by molar-refractivity contribution is 6.26. The van der Waals surface area contributed by atoms with E-state index in [1.54, 1.807) is 0 Å². The monoisotopic (exact) mass is 701 g/mol. The van der Waals surface area contributed by atoms with Gasteiger partial charge in [-0.1, -0.05) is 176 Å². The zero-order valence-electron chi connectivity index (χ0n) is 30.1. The molecule has 0 aliphatic heterocycles. The molecule has 0 N–H and O–H groups in total. The van der Waals surface area contributed by atoms with E-state index in [0.29, 0.717) is 0 Å². The van der Waals surface area contributed by atoms with Gasteiger partial charge in [0.2, 0.25) is 0 Å². The van der Waals surface area contributed by atoms with Gasteiger partial charge in [0.25, 0.3) is 0 Å². The van der Waals surface area contributed by atoms with Crippen molar-refractivity contribution in [3.05, 3.63) is 235 Å². The highest BCUT2D eigenvalue weighted by Crippen LogP contribution is 2.60. The van der Waals surface area contributed by atoms with E-state index in [4.69, 9.17) is 4.42 Å². The van der Waals surface area contributed by atoms with Gasteiger partial charge in [0.1, 0.15) is 11.2 Å². The number of hydrogen-bond acceptors (Lipinski definition) is 2. The maximum absolute atomic E-state index is 6.98. The summed E-state index contributed by atoms with van der Waals surface area (Å²) in [6.07, 6.45) is 0. The minimum absolute atomic E-state index is 0.512. The SMILES string of the molecule is c1ccc(-c2cc3ccccc3c3c2oc2cccc(N(c4ccccc4)c4cccc5c4-c4ccccc4C5(c4ccccc4)c4ccccc4)c23)cc1. The second-order valence-corrected chi connectivity index (χ2v) is 14.4. The van der Waals surface area contributed by atoms with Crippen LogP contribution in [-0.2, 0) is 5.41 Å². The van der Waals surface area contributed by atoms with E-state index in [0.717, 1.165) is 50.1 Å². The molecule has 0 unspecified atom stereocenters. The number of anilines is 3. The zero-order valence-corrected chi connectivity index (χ0v) is 30.1. The Kier molecular flexibility index (Phi) is 7.11. The molecular formula is C53H35NO. The fourth-order valence-corrected chi connectivity index (χ4v) is 9.31. The molecule has 11 rings (SSSR count). The van der Waals surface area contributed by atoms with Crippen molar-refractivity contribution in [2.75, 3.05) is 4.90 Å². The molecule has 0 saturated carbocycles. The summed E-state index contributed by atoms with van der Waals surface area (Å²) >= 11 is 0. The predicted molar refractivity (Wildman–Crippen MR) is 229 cm³/mol. The van der Waals surface area contributed by atoms with E-state index >= 15 is 0 Å². The van der Waals surface area contributed by atoms with E-state index in [1.807, 2.05) is 0 Å². The first-order valence-corrected chi connectivity index (χ1v) is 18.9. The third kappa shape index (κ3) is 4.62. The predicted octanol–water partition coefficient (Wildman–Crippen LogP) is 14.2. The third-order valence-corrected chi connectivity index (χ3v) is 11.5. The van der Waals surface area contributed by atoms with Crippen molar-refractivity contribution in [1.82, 2.24) is 0 Å². The van der Waals surface area contributed by atoms with Crippen LogP contribution < -0.4 is 4.90 Å². The highest BCUT2D eigenvalue weighted by Gasteiger charge is 2.47. The molecule has 0 bridgehead atoms. The first-order valence-electron chi connectivity index (χ1n) is 18.9. The first-order chi connectivity index (χ1) is 27.3. The maximum Gasteiger partial charge on any atom is 0.143 e. The van der Waals surface area contributed by atoms with Crippen LogP contribution in [0.25, 0.3) is 55.0 Å². The molecule has 1 aromatic heterocycles. The molecule has 1 aliphatic rings. The highest BCUT2D eigenvalue weighted by atomic mass is 16.3. The van der Waals surface area contributed by atoms with E-state index in [-0.39, 0.29) is 0 Å². The van der Waals surface area contributed by atoms with Crippen LogP contribution in [0.2, 0.25) is 0 Å². The van der Waals surface area contributed by atoms with Gasteiger partial charge in [0.05, 0.1) is 22.2 Å². The summed E-state index contributed by atoms with van der Waals surface area (Å²) in [5.41, 5.74) is 14.3. The van der Waals surface area contributed by atoms with E-state index in [2.05, 4.69) is 217 Å². The van der Waals surface area contributed by atoms with Crippen LogP contribution in [0.4, 0.5) is 17.1 Å². The lowest BCUT2D eigenvalue weighted by Gasteiger charge is -2.34. The summed E-state index contributed by atoms with van der Waals surface area (Å²) in [5, 5.41) is 4.57. The molecule has 10 aromatic rings. The van der Waals surface area contributed by atoms with Crippen LogP contribution in [0.3, 0.4) is 0 Å². The zero-order chi connectivity index (χ0) is 36.3. The number of nitrogens with zero attached hydrogens (tertiary/aromatic N) is 1. The van der Waals surface area contributed by atoms with E-state index in [9.17, 15) is 0 Å². The average Bonchev–Trinajstić information content (AvgIpc) is 3.81. The normalized spacial score (nSPS) is 12.9. The minimum Gasteiger partial charge on any atom is -0.455 e. The van der Waals surface area contributed by atoms with Gasteiger partial charge in [-0.15, -0.1) is 0 Å². The van der Waals surface area contributed by atoms with Gasteiger partial charge in [0, 0.05) is 22.2 Å². The Hall–Kier alpha value is -7.16. The Morgan fingerprint density at radius 3 is 1.75 bits per heavy atom. The molecule has 1 heterocycles. The van der Waals surface area contributed by atoms with E-state index < -0.39 is 5.41 Å². The summed E-state index contributed by atoms with van der Waals surface area (Å²) in [6.45, 7) is 0. The molecule has 2 nitrogen and oxygen atoms in total. The summed E-state index contributed by atoms with van der Waals surface area (Å²) in [7, 11) is 0. The van der Waals surface area contributed by atoms with Gasteiger partial charge in [-0.2, -0.15) is 0 Å². The van der Waals surface area contributed by atoms with Crippen molar-refractivity contribution < 1.29 is 4.42 Å². The molecule has 2 heteroatoms. The maximum atomic E-state index is 6.98. The topological polar surface area (TPSA) is 16.4 Å². The molecular weight excluding hydrogens is 667 g/mol. The summed E-state index contributed by atoms with van der Waals surface area (Å²) < 4.78 is 6.98. The van der Waals surface area contributed by atoms with Crippen molar-refractivity contribution in [3.63, 3.8) is 0 Å². The Morgan fingerprint density at radius 2 is 1.00 bits per heavy atom. The quantitative estimate of drug-likeness (QED) is 0.172. The van der Waals surface area contributed by atoms with Crippen molar-refractivity contribution in [3.8, 4) is 22.3 Å². The lowest BCUT2D eigenvalue weighted by molar-refractivity contribution is 0.670. The first kappa shape index (κ1) is 31.4. The number of fused-ring (bicyclic) bond motifs is 8. The van der Waals surface area contributed by atoms with Crippen LogP contribution >= 0.6 is 0 Å². The largest absolute Gasteiger partial charge is 0.455 e. The summed E-state index contributed by atoms with van der Waals surface area (Å²) in [6, 6.07) is 76.8. The molecule has 0 fully saturated rings. The third-order valence-electron chi connectivity index (χ3n) is 11.5. The van der Waals surface area contributed by atoms with Crippen LogP contribution in [0.1, 0.15) is 22.3 Å². The number of hydrogen-bond donors (Lipinski definition) is 0. The molecule has 0 saturated heterocycles. The lowest BCUT2D eigenvalue weighted by atomic mass is 9.68. The second-order valence-electron chi connectivity index (χ2n) is 14.4. The van der Waals surface area contributed by atoms with Gasteiger partial charge in [0.15, 0.2) is 0 Å². The van der Waals surface area contributed by atoms with Gasteiger partial charge in [-0.3, -0.25) is 0 Å². The number of rotatable bonds is 6. The van der Waals surface area contributed by atoms with Crippen LogP contribution in [0, 0.1) is 0 Å². The van der Waals surface area contributed by atoms with Crippen molar-refractivity contribution in [1.29, 1.82) is 0 Å². The Balaban J connectivity index is 1.27. The summed E-state index contributed by atoms with van der Waals surface area (Å²) in [5.74, 6) is 0. The fraction of sp³-hybridized carbons (Fsp3) is 0.0189. The van der Waals surface area contributed by atoms with Crippen molar-refractivity contribution in [2.45, 2.75) is 5.41 Å². The van der Waals surface area contributed by atoms with Gasteiger partial charge >= 0.3 is 0 Å². The van der Waals surface area contributed by atoms with Crippen molar-refractivity contribution in [2.24, 2.45) is 0 Å². The molecule has 9 aromatic carbocycles. The summed E-state index contributed by atoms with van der Waals surface area (Å²) in [4.78, 5) is 2.46. The van der Waals surface area contributed by atoms with Gasteiger partial charge in [-0.05, 0) is 80.6 Å². The minimum atomic E-state index is -0.512. The fourth-order valence-electron chi connectivity index (χ4n) is 9.31. The van der Waals surface area contributed by atoms with Gasteiger partial charge < -0.3 is 9.32 Å². The van der Waals surface area contributed by atoms with Gasteiger partial charge in [-0.25, -0.2) is 0 Å². The van der Waals surface area contributed by atoms with Crippen LogP contribution in [0.15, 0.2) is 217 Å². The molecule has 1 aliphatic carbocycles. The molecule has 0 spiro atoms. The molecule has 55 heavy (non-hydrogen) atoms. The van der Waals surface area contributed by atoms with Crippen LogP contribution in [0.5, 0.6) is 0 Å². The average molecular weight is 702 g/mol. The molecule has 0 radical (unpaired) electrons. The van der Waals surface area contributed by atoms with E-state index in [1.165, 1.54) is 44.2 Å². The molecule has 258 valence electrons. The second kappa shape index (κ2) is 12.5. The number of benzene rings is 9. The molecule has 0 atom stereocenters. The smallest absolute Gasteiger partial charge is 0.143 e. The standard InChI is InChI=1S/C53H35NO/c1-5-19-36(20-6-1)43-35-37-21-13-14-28-41(37)50-51-47(33-18-34-48(51)55-52(43)50)54(40-26-11-4-12-27-40)46-32-17-31-45-49(46)42-29-15-16-30-44(42)53(45,38-22-7-2-8-23-38)39-24-9-3-10-25-39/h1-35H.